The summed E-state index contributed by atoms with van der Waals surface area (Å²) in [5, 5.41) is 0. The van der Waals surface area contributed by atoms with Crippen LogP contribution < -0.4 is 0 Å². The van der Waals surface area contributed by atoms with Crippen molar-refractivity contribution in [3.63, 3.8) is 0 Å². The maximum atomic E-state index is 10.7. The highest BCUT2D eigenvalue weighted by Gasteiger charge is 2.35. The van der Waals surface area contributed by atoms with Gasteiger partial charge in [0.15, 0.2) is 0 Å². The Kier molecular flexibility index (Phi) is 3.93. The third kappa shape index (κ3) is 3.04. The molecule has 1 fully saturated rings. The number of hydrogen-bond acceptors (Lipinski definition) is 2. The van der Waals surface area contributed by atoms with E-state index in [1.165, 1.54) is 12.8 Å². The van der Waals surface area contributed by atoms with E-state index in [9.17, 15) is 4.79 Å². The van der Waals surface area contributed by atoms with Crippen molar-refractivity contribution in [1.29, 1.82) is 0 Å². The topological polar surface area (TPSA) is 20.3 Å². The lowest BCUT2D eigenvalue weighted by Gasteiger charge is -2.46. The molecular formula is C13H25NO. The molecule has 0 bridgehead atoms. The van der Waals surface area contributed by atoms with Crippen LogP contribution in [0.15, 0.2) is 0 Å². The summed E-state index contributed by atoms with van der Waals surface area (Å²) in [5.74, 6) is 0. The van der Waals surface area contributed by atoms with Crippen molar-refractivity contribution in [2.75, 3.05) is 13.1 Å². The monoisotopic (exact) mass is 211 g/mol. The van der Waals surface area contributed by atoms with Crippen molar-refractivity contribution >= 4 is 6.29 Å². The molecule has 0 aliphatic carbocycles. The molecule has 1 heterocycles. The first-order chi connectivity index (χ1) is 6.93. The van der Waals surface area contributed by atoms with Crippen LogP contribution in [0.1, 0.15) is 53.4 Å². The van der Waals surface area contributed by atoms with Gasteiger partial charge in [0, 0.05) is 12.0 Å². The van der Waals surface area contributed by atoms with Gasteiger partial charge >= 0.3 is 0 Å². The van der Waals surface area contributed by atoms with Crippen molar-refractivity contribution in [2.45, 2.75) is 58.9 Å². The summed E-state index contributed by atoms with van der Waals surface area (Å²) in [5.41, 5.74) is 0.588. The Labute approximate surface area is 94.0 Å². The Balaban J connectivity index is 2.57. The molecular weight excluding hydrogens is 186 g/mol. The molecule has 0 aromatic rings. The average Bonchev–Trinajstić information content (AvgIpc) is 2.17. The fourth-order valence-electron chi connectivity index (χ4n) is 2.53. The van der Waals surface area contributed by atoms with Crippen molar-refractivity contribution < 1.29 is 4.79 Å². The van der Waals surface area contributed by atoms with Crippen LogP contribution in [-0.2, 0) is 4.79 Å². The number of likely N-dealkylation sites (tertiary alicyclic amines) is 1. The van der Waals surface area contributed by atoms with E-state index >= 15 is 0 Å². The molecule has 1 rings (SSSR count). The molecule has 1 saturated heterocycles. The van der Waals surface area contributed by atoms with Crippen molar-refractivity contribution in [3.8, 4) is 0 Å². The van der Waals surface area contributed by atoms with Gasteiger partial charge in [0.1, 0.15) is 6.29 Å². The lowest BCUT2D eigenvalue weighted by atomic mass is 9.73. The van der Waals surface area contributed by atoms with Crippen LogP contribution in [0.3, 0.4) is 0 Å². The molecule has 2 heteroatoms. The van der Waals surface area contributed by atoms with E-state index in [0.29, 0.717) is 5.41 Å². The van der Waals surface area contributed by atoms with E-state index in [0.717, 1.165) is 32.2 Å². The van der Waals surface area contributed by atoms with E-state index in [1.54, 1.807) is 0 Å². The van der Waals surface area contributed by atoms with Crippen LogP contribution in [0.25, 0.3) is 0 Å². The molecule has 1 aliphatic heterocycles. The van der Waals surface area contributed by atoms with Crippen molar-refractivity contribution in [3.05, 3.63) is 0 Å². The fraction of sp³-hybridized carbons (Fsp3) is 0.923. The van der Waals surface area contributed by atoms with Gasteiger partial charge < -0.3 is 4.79 Å². The molecule has 88 valence electrons. The van der Waals surface area contributed by atoms with Crippen LogP contribution in [0.5, 0.6) is 0 Å². The second-order valence-electron chi connectivity index (χ2n) is 5.88. The summed E-state index contributed by atoms with van der Waals surface area (Å²) in [6, 6.07) is 0. The van der Waals surface area contributed by atoms with Crippen LogP contribution in [0.2, 0.25) is 0 Å². The van der Waals surface area contributed by atoms with Gasteiger partial charge in [-0.1, -0.05) is 6.92 Å². The van der Waals surface area contributed by atoms with E-state index in [-0.39, 0.29) is 5.54 Å². The summed E-state index contributed by atoms with van der Waals surface area (Å²) >= 11 is 0. The van der Waals surface area contributed by atoms with Crippen LogP contribution in [-0.4, -0.2) is 29.8 Å². The molecule has 0 aromatic heterocycles. The summed E-state index contributed by atoms with van der Waals surface area (Å²) in [7, 11) is 0. The van der Waals surface area contributed by atoms with Gasteiger partial charge in [-0.3, -0.25) is 4.90 Å². The van der Waals surface area contributed by atoms with E-state index < -0.39 is 0 Å². The molecule has 15 heavy (non-hydrogen) atoms. The quantitative estimate of drug-likeness (QED) is 0.669. The maximum Gasteiger partial charge on any atom is 0.120 e. The van der Waals surface area contributed by atoms with Crippen LogP contribution >= 0.6 is 0 Å². The molecule has 0 spiro atoms. The van der Waals surface area contributed by atoms with Gasteiger partial charge in [0.2, 0.25) is 0 Å². The Bertz CT molecular complexity index is 209. The van der Waals surface area contributed by atoms with Crippen LogP contribution in [0.4, 0.5) is 0 Å². The van der Waals surface area contributed by atoms with Crippen molar-refractivity contribution in [2.24, 2.45) is 5.41 Å². The normalized spacial score (nSPS) is 22.7. The second kappa shape index (κ2) is 4.65. The van der Waals surface area contributed by atoms with E-state index in [2.05, 4.69) is 32.6 Å². The molecule has 0 saturated carbocycles. The third-order valence-electron chi connectivity index (χ3n) is 4.04. The number of carbonyl (C=O) groups is 1. The van der Waals surface area contributed by atoms with Gasteiger partial charge in [-0.25, -0.2) is 0 Å². The lowest BCUT2D eigenvalue weighted by Crippen LogP contribution is -2.49. The number of aldehydes is 1. The second-order valence-corrected chi connectivity index (χ2v) is 5.88. The average molecular weight is 211 g/mol. The first-order valence-corrected chi connectivity index (χ1v) is 6.12. The predicted octanol–water partition coefficient (Wildman–Crippen LogP) is 2.87. The Hall–Kier alpha value is -0.370. The highest BCUT2D eigenvalue weighted by Crippen LogP contribution is 2.38. The minimum absolute atomic E-state index is 0.279. The van der Waals surface area contributed by atoms with Gasteiger partial charge in [0.05, 0.1) is 0 Å². The van der Waals surface area contributed by atoms with Gasteiger partial charge in [0.25, 0.3) is 0 Å². The maximum absolute atomic E-state index is 10.7. The Morgan fingerprint density at radius 3 is 2.13 bits per heavy atom. The third-order valence-corrected chi connectivity index (χ3v) is 4.04. The summed E-state index contributed by atoms with van der Waals surface area (Å²) in [4.78, 5) is 13.2. The Morgan fingerprint density at radius 2 is 1.80 bits per heavy atom. The van der Waals surface area contributed by atoms with Crippen LogP contribution in [0, 0.1) is 5.41 Å². The van der Waals surface area contributed by atoms with Gasteiger partial charge in [-0.05, 0) is 58.5 Å². The fourth-order valence-corrected chi connectivity index (χ4v) is 2.53. The number of piperidine rings is 1. The standard InChI is InChI=1S/C13H25NO/c1-5-13(8-11-15)6-9-14(10-7-13)12(2,3)4/h11H,5-10H2,1-4H3. The molecule has 0 amide bonds. The summed E-state index contributed by atoms with van der Waals surface area (Å²) in [6.45, 7) is 11.3. The minimum atomic E-state index is 0.279. The number of carbonyl (C=O) groups excluding carboxylic acids is 1. The zero-order valence-electron chi connectivity index (χ0n) is 10.7. The lowest BCUT2D eigenvalue weighted by molar-refractivity contribution is -0.111. The molecule has 0 radical (unpaired) electrons. The minimum Gasteiger partial charge on any atom is -0.303 e. The zero-order chi connectivity index (χ0) is 11.5. The first-order valence-electron chi connectivity index (χ1n) is 6.12. The predicted molar refractivity (Wildman–Crippen MR) is 64.0 cm³/mol. The number of hydrogen-bond donors (Lipinski definition) is 0. The molecule has 0 unspecified atom stereocenters. The highest BCUT2D eigenvalue weighted by molar-refractivity contribution is 5.50. The smallest absolute Gasteiger partial charge is 0.120 e. The summed E-state index contributed by atoms with van der Waals surface area (Å²) in [6.07, 6.45) is 5.36. The number of nitrogens with zero attached hydrogens (tertiary/aromatic N) is 1. The largest absolute Gasteiger partial charge is 0.303 e. The zero-order valence-corrected chi connectivity index (χ0v) is 10.7. The SMILES string of the molecule is CCC1(CC=O)CCN(C(C)(C)C)CC1. The van der Waals surface area contributed by atoms with E-state index in [4.69, 9.17) is 0 Å². The van der Waals surface area contributed by atoms with Gasteiger partial charge in [-0.2, -0.15) is 0 Å². The van der Waals surface area contributed by atoms with Gasteiger partial charge in [-0.15, -0.1) is 0 Å². The summed E-state index contributed by atoms with van der Waals surface area (Å²) < 4.78 is 0. The molecule has 2 nitrogen and oxygen atoms in total. The molecule has 1 aliphatic rings. The van der Waals surface area contributed by atoms with Crippen molar-refractivity contribution in [1.82, 2.24) is 4.90 Å². The highest BCUT2D eigenvalue weighted by atomic mass is 16.1. The number of rotatable bonds is 3. The Morgan fingerprint density at radius 1 is 1.27 bits per heavy atom. The molecule has 0 N–H and O–H groups in total. The first kappa shape index (κ1) is 12.7. The van der Waals surface area contributed by atoms with E-state index in [1.807, 2.05) is 0 Å². The molecule has 0 aromatic carbocycles. The molecule has 0 atom stereocenters.